The monoisotopic (exact) mass is 1440 g/mol. The molecule has 0 aromatic heterocycles. The maximum absolute atomic E-state index is 13.5. The van der Waals surface area contributed by atoms with Crippen LogP contribution in [0.2, 0.25) is 0 Å². The number of nitrogens with one attached hydrogen (secondary N) is 1. The van der Waals surface area contributed by atoms with Gasteiger partial charge in [-0.3, -0.25) is 4.79 Å². The smallest absolute Gasteiger partial charge is 0.220 e. The fourth-order valence-electron chi connectivity index (χ4n) is 14.2. The van der Waals surface area contributed by atoms with Crippen LogP contribution >= 0.6 is 0 Å². The molecule has 0 aromatic carbocycles. The Morgan fingerprint density at radius 2 is 0.634 bits per heavy atom. The van der Waals surface area contributed by atoms with Crippen LogP contribution in [0.5, 0.6) is 0 Å². The summed E-state index contributed by atoms with van der Waals surface area (Å²) in [5, 5.41) is 121. The fourth-order valence-corrected chi connectivity index (χ4v) is 14.2. The quantitative estimate of drug-likeness (QED) is 0.0199. The van der Waals surface area contributed by atoms with E-state index in [4.69, 9.17) is 28.4 Å². The minimum atomic E-state index is -1.98. The third kappa shape index (κ3) is 43.0. The number of hydrogen-bond donors (Lipinski definition) is 12. The summed E-state index contributed by atoms with van der Waals surface area (Å²) in [5.41, 5.74) is 0. The van der Waals surface area contributed by atoms with Crippen LogP contribution < -0.4 is 5.32 Å². The van der Waals surface area contributed by atoms with Gasteiger partial charge in [-0.1, -0.05) is 333 Å². The molecular weight excluding hydrogens is 1290 g/mol. The zero-order valence-electron chi connectivity index (χ0n) is 63.7. The van der Waals surface area contributed by atoms with Gasteiger partial charge < -0.3 is 89.9 Å². The Bertz CT molecular complexity index is 1960. The van der Waals surface area contributed by atoms with E-state index >= 15 is 0 Å². The predicted octanol–water partition coefficient (Wildman–Crippen LogP) is 14.3. The van der Waals surface area contributed by atoms with E-state index in [1.54, 1.807) is 6.08 Å². The summed E-state index contributed by atoms with van der Waals surface area (Å²) in [6.07, 6.45) is 51.5. The summed E-state index contributed by atoms with van der Waals surface area (Å²) in [6.45, 7) is 1.77. The minimum Gasteiger partial charge on any atom is -0.394 e. The van der Waals surface area contributed by atoms with Gasteiger partial charge in [-0.2, -0.15) is 0 Å². The summed E-state index contributed by atoms with van der Waals surface area (Å²) in [5.74, 6) is -0.283. The van der Waals surface area contributed by atoms with E-state index in [0.717, 1.165) is 44.9 Å². The Labute approximate surface area is 612 Å². The van der Waals surface area contributed by atoms with Gasteiger partial charge in [0.1, 0.15) is 73.2 Å². The number of aliphatic hydroxyl groups is 11. The van der Waals surface area contributed by atoms with Crippen LogP contribution in [-0.4, -0.2) is 193 Å². The maximum Gasteiger partial charge on any atom is 0.220 e. The van der Waals surface area contributed by atoms with Crippen LogP contribution in [0.25, 0.3) is 0 Å². The molecule has 101 heavy (non-hydrogen) atoms. The summed E-state index contributed by atoms with van der Waals surface area (Å²) in [7, 11) is 0. The molecule has 3 aliphatic heterocycles. The number of hydrogen-bond acceptors (Lipinski definition) is 18. The van der Waals surface area contributed by atoms with Crippen molar-refractivity contribution in [2.75, 3.05) is 26.4 Å². The number of rotatable bonds is 67. The average molecular weight is 1440 g/mol. The zero-order valence-corrected chi connectivity index (χ0v) is 63.7. The van der Waals surface area contributed by atoms with Gasteiger partial charge in [0.15, 0.2) is 18.9 Å². The summed E-state index contributed by atoms with van der Waals surface area (Å²) in [4.78, 5) is 13.5. The van der Waals surface area contributed by atoms with E-state index in [1.807, 2.05) is 6.08 Å². The van der Waals surface area contributed by atoms with Gasteiger partial charge in [-0.15, -0.1) is 0 Å². The number of aliphatic hydroxyl groups excluding tert-OH is 11. The molecule has 3 heterocycles. The lowest BCUT2D eigenvalue weighted by molar-refractivity contribution is -0.379. The molecule has 0 saturated carbocycles. The summed E-state index contributed by atoms with van der Waals surface area (Å²) < 4.78 is 34.4. The van der Waals surface area contributed by atoms with Crippen LogP contribution in [0.4, 0.5) is 0 Å². The number of allylic oxidation sites excluding steroid dienone is 5. The third-order valence-corrected chi connectivity index (χ3v) is 20.9. The van der Waals surface area contributed by atoms with Crippen molar-refractivity contribution < 1.29 is 89.4 Å². The van der Waals surface area contributed by atoms with Gasteiger partial charge in [0.25, 0.3) is 0 Å². The molecule has 19 heteroatoms. The van der Waals surface area contributed by atoms with E-state index in [0.29, 0.717) is 12.8 Å². The van der Waals surface area contributed by atoms with Gasteiger partial charge in [0.2, 0.25) is 5.91 Å². The largest absolute Gasteiger partial charge is 0.394 e. The van der Waals surface area contributed by atoms with Crippen LogP contribution in [0, 0.1) is 0 Å². The Morgan fingerprint density at radius 1 is 0.347 bits per heavy atom. The highest BCUT2D eigenvalue weighted by atomic mass is 16.8. The summed E-state index contributed by atoms with van der Waals surface area (Å²) in [6, 6.07) is -0.996. The summed E-state index contributed by atoms with van der Waals surface area (Å²) >= 11 is 0. The van der Waals surface area contributed by atoms with Crippen molar-refractivity contribution in [3.8, 4) is 0 Å². The fraction of sp³-hybridized carbons (Fsp3) is 0.915. The van der Waals surface area contributed by atoms with Crippen molar-refractivity contribution in [1.29, 1.82) is 0 Å². The van der Waals surface area contributed by atoms with Crippen LogP contribution in [0.15, 0.2) is 36.5 Å². The zero-order chi connectivity index (χ0) is 73.2. The molecule has 12 N–H and O–H groups in total. The lowest BCUT2D eigenvalue weighted by atomic mass is 9.96. The van der Waals surface area contributed by atoms with Crippen molar-refractivity contribution in [1.82, 2.24) is 5.32 Å². The molecule has 19 nitrogen and oxygen atoms in total. The Kier molecular flexibility index (Phi) is 58.1. The second kappa shape index (κ2) is 63.0. The van der Waals surface area contributed by atoms with E-state index in [1.165, 1.54) is 270 Å². The number of amides is 1. The molecule has 3 saturated heterocycles. The highest BCUT2D eigenvalue weighted by Crippen LogP contribution is 2.33. The molecule has 17 unspecified atom stereocenters. The van der Waals surface area contributed by atoms with Gasteiger partial charge in [0, 0.05) is 6.42 Å². The van der Waals surface area contributed by atoms with Crippen molar-refractivity contribution in [2.24, 2.45) is 0 Å². The van der Waals surface area contributed by atoms with Crippen molar-refractivity contribution >= 4 is 5.91 Å². The van der Waals surface area contributed by atoms with Gasteiger partial charge >= 0.3 is 0 Å². The van der Waals surface area contributed by atoms with E-state index in [2.05, 4.69) is 43.5 Å². The van der Waals surface area contributed by atoms with Gasteiger partial charge in [-0.05, 0) is 44.9 Å². The molecular formula is C82H153NO18. The third-order valence-electron chi connectivity index (χ3n) is 20.9. The van der Waals surface area contributed by atoms with E-state index < -0.39 is 124 Å². The molecule has 3 fully saturated rings. The number of unbranched alkanes of at least 4 members (excludes halogenated alkanes) is 47. The standard InChI is InChI=1S/C82H153NO18/c1-3-5-7-9-11-13-15-17-19-21-23-25-27-28-29-30-31-32-33-34-35-36-38-39-41-43-45-47-49-51-53-55-57-59-66(87)65(83-70(88)60-58-56-54-52-50-48-46-44-42-40-37-26-24-22-20-18-16-14-12-10-8-6-4-2)64-96-80-76(94)73(91)78(68(62-85)98-80)101-82-77(95)74(92)79(69(63-86)99-82)100-81-75(93)72(90)71(89)67(61-84)97-81/h41,43,49,51,57,59,65-69,71-82,84-87,89-95H,3-40,42,44-48,50,52-56,58,60-64H2,1-2H3,(H,83,88)/b43-41+,51-49+,59-57+. The highest BCUT2D eigenvalue weighted by molar-refractivity contribution is 5.76. The minimum absolute atomic E-state index is 0.236. The Balaban J connectivity index is 1.37. The molecule has 594 valence electrons. The first-order chi connectivity index (χ1) is 49.3. The van der Waals surface area contributed by atoms with E-state index in [-0.39, 0.29) is 18.9 Å². The molecule has 1 amide bonds. The normalized spacial score (nSPS) is 26.4. The van der Waals surface area contributed by atoms with Crippen molar-refractivity contribution in [2.45, 2.75) is 452 Å². The lowest BCUT2D eigenvalue weighted by Gasteiger charge is -2.48. The first kappa shape index (κ1) is 93.2. The molecule has 0 aliphatic carbocycles. The first-order valence-corrected chi connectivity index (χ1v) is 41.7. The Morgan fingerprint density at radius 3 is 0.990 bits per heavy atom. The second-order valence-corrected chi connectivity index (χ2v) is 29.9. The molecule has 17 atom stereocenters. The van der Waals surface area contributed by atoms with Crippen LogP contribution in [-0.2, 0) is 33.2 Å². The molecule has 0 radical (unpaired) electrons. The second-order valence-electron chi connectivity index (χ2n) is 29.9. The molecule has 0 bridgehead atoms. The number of ether oxygens (including phenoxy) is 6. The van der Waals surface area contributed by atoms with Crippen LogP contribution in [0.3, 0.4) is 0 Å². The van der Waals surface area contributed by atoms with E-state index in [9.17, 15) is 61.0 Å². The maximum atomic E-state index is 13.5. The van der Waals surface area contributed by atoms with Crippen molar-refractivity contribution in [3.05, 3.63) is 36.5 Å². The van der Waals surface area contributed by atoms with Gasteiger partial charge in [-0.25, -0.2) is 0 Å². The molecule has 3 aliphatic rings. The molecule has 0 aromatic rings. The number of carbonyl (C=O) groups excluding carboxylic acids is 1. The Hall–Kier alpha value is -1.99. The van der Waals surface area contributed by atoms with Crippen molar-refractivity contribution in [3.63, 3.8) is 0 Å². The lowest BCUT2D eigenvalue weighted by Crippen LogP contribution is -2.66. The SMILES string of the molecule is CCCCCCCCCCCCCCCCCCCCCCCCC/C=C/CC/C=C/CC/C=C/C(O)C(COC1OC(CO)C(OC2OC(CO)C(OC3OC(CO)C(O)C(O)C3O)C(O)C2O)C(O)C1O)NC(=O)CCCCCCCCCCCCCCCCCCCCCCCCC. The first-order valence-electron chi connectivity index (χ1n) is 41.7. The predicted molar refractivity (Wildman–Crippen MR) is 402 cm³/mol. The highest BCUT2D eigenvalue weighted by Gasteiger charge is 2.54. The average Bonchev–Trinajstić information content (AvgIpc) is 0.792. The molecule has 0 spiro atoms. The van der Waals surface area contributed by atoms with Crippen LogP contribution in [0.1, 0.15) is 348 Å². The number of carbonyl (C=O) groups is 1. The van der Waals surface area contributed by atoms with Gasteiger partial charge in [0.05, 0.1) is 38.6 Å². The topological polar surface area (TPSA) is 307 Å². The molecule has 3 rings (SSSR count).